The molecule has 0 saturated carbocycles. The van der Waals surface area contributed by atoms with Crippen molar-refractivity contribution in [1.82, 2.24) is 4.90 Å². The number of hydrogen-bond donors (Lipinski definition) is 1. The predicted octanol–water partition coefficient (Wildman–Crippen LogP) is 3.18. The molecule has 88 valence electrons. The third-order valence-electron chi connectivity index (χ3n) is 2.81. The summed E-state index contributed by atoms with van der Waals surface area (Å²) in [6.07, 6.45) is 0. The molecule has 0 radical (unpaired) electrons. The monoisotopic (exact) mass is 220 g/mol. The SMILES string of the molecule is Cc1cccc(C)c1NC(=O)N(C)C(C)C. The van der Waals surface area contributed by atoms with Crippen LogP contribution in [-0.4, -0.2) is 24.0 Å². The first kappa shape index (κ1) is 12.6. The summed E-state index contributed by atoms with van der Waals surface area (Å²) in [5.74, 6) is 0. The van der Waals surface area contributed by atoms with Crippen LogP contribution in [0.15, 0.2) is 18.2 Å². The molecule has 1 aromatic carbocycles. The Labute approximate surface area is 97.5 Å². The van der Waals surface area contributed by atoms with Gasteiger partial charge in [-0.05, 0) is 38.8 Å². The van der Waals surface area contributed by atoms with Crippen molar-refractivity contribution in [2.75, 3.05) is 12.4 Å². The Kier molecular flexibility index (Phi) is 3.93. The number of urea groups is 1. The zero-order chi connectivity index (χ0) is 12.3. The topological polar surface area (TPSA) is 32.3 Å². The molecule has 1 rings (SSSR count). The summed E-state index contributed by atoms with van der Waals surface area (Å²) in [4.78, 5) is 13.6. The minimum Gasteiger partial charge on any atom is -0.325 e. The van der Waals surface area contributed by atoms with Crippen LogP contribution < -0.4 is 5.32 Å². The Morgan fingerprint density at radius 3 is 2.19 bits per heavy atom. The molecule has 0 spiro atoms. The fraction of sp³-hybridized carbons (Fsp3) is 0.462. The van der Waals surface area contributed by atoms with Gasteiger partial charge in [-0.2, -0.15) is 0 Å². The highest BCUT2D eigenvalue weighted by Gasteiger charge is 2.13. The number of para-hydroxylation sites is 1. The molecule has 1 N–H and O–H groups in total. The zero-order valence-electron chi connectivity index (χ0n) is 10.7. The molecule has 0 saturated heterocycles. The van der Waals surface area contributed by atoms with Crippen molar-refractivity contribution < 1.29 is 4.79 Å². The summed E-state index contributed by atoms with van der Waals surface area (Å²) < 4.78 is 0. The lowest BCUT2D eigenvalue weighted by atomic mass is 10.1. The van der Waals surface area contributed by atoms with Gasteiger partial charge in [0, 0.05) is 18.8 Å². The van der Waals surface area contributed by atoms with Gasteiger partial charge in [-0.3, -0.25) is 0 Å². The Hall–Kier alpha value is -1.51. The smallest absolute Gasteiger partial charge is 0.321 e. The molecular formula is C13H20N2O. The van der Waals surface area contributed by atoms with E-state index in [2.05, 4.69) is 5.32 Å². The second kappa shape index (κ2) is 5.01. The molecule has 0 bridgehead atoms. The van der Waals surface area contributed by atoms with E-state index in [0.29, 0.717) is 0 Å². The maximum atomic E-state index is 11.9. The van der Waals surface area contributed by atoms with E-state index in [1.807, 2.05) is 45.9 Å². The molecule has 1 aromatic rings. The average Bonchev–Trinajstić information content (AvgIpc) is 2.22. The number of rotatable bonds is 2. The van der Waals surface area contributed by atoms with E-state index in [-0.39, 0.29) is 12.1 Å². The molecule has 0 atom stereocenters. The van der Waals surface area contributed by atoms with Gasteiger partial charge in [-0.25, -0.2) is 4.79 Å². The van der Waals surface area contributed by atoms with Crippen LogP contribution in [0.25, 0.3) is 0 Å². The predicted molar refractivity (Wildman–Crippen MR) is 67.8 cm³/mol. The highest BCUT2D eigenvalue weighted by Crippen LogP contribution is 2.19. The van der Waals surface area contributed by atoms with Crippen LogP contribution in [-0.2, 0) is 0 Å². The van der Waals surface area contributed by atoms with Crippen LogP contribution in [0, 0.1) is 13.8 Å². The second-order valence-electron chi connectivity index (χ2n) is 4.40. The normalized spacial score (nSPS) is 10.4. The summed E-state index contributed by atoms with van der Waals surface area (Å²) >= 11 is 0. The molecule has 0 aliphatic heterocycles. The first-order valence-corrected chi connectivity index (χ1v) is 5.53. The Morgan fingerprint density at radius 2 is 1.75 bits per heavy atom. The third kappa shape index (κ3) is 2.75. The summed E-state index contributed by atoms with van der Waals surface area (Å²) in [6, 6.07) is 6.12. The number of carbonyl (C=O) groups excluding carboxylic acids is 1. The van der Waals surface area contributed by atoms with Gasteiger partial charge < -0.3 is 10.2 Å². The molecule has 0 aliphatic rings. The summed E-state index contributed by atoms with van der Waals surface area (Å²) in [5, 5.41) is 2.95. The molecule has 3 nitrogen and oxygen atoms in total. The van der Waals surface area contributed by atoms with Crippen molar-refractivity contribution in [1.29, 1.82) is 0 Å². The van der Waals surface area contributed by atoms with E-state index in [0.717, 1.165) is 16.8 Å². The standard InChI is InChI=1S/C13H20N2O/c1-9(2)15(5)13(16)14-12-10(3)7-6-8-11(12)4/h6-9H,1-5H3,(H,14,16). The lowest BCUT2D eigenvalue weighted by molar-refractivity contribution is 0.211. The number of hydrogen-bond acceptors (Lipinski definition) is 1. The van der Waals surface area contributed by atoms with Gasteiger partial charge >= 0.3 is 6.03 Å². The molecule has 0 heterocycles. The first-order chi connectivity index (χ1) is 7.43. The largest absolute Gasteiger partial charge is 0.325 e. The number of anilines is 1. The highest BCUT2D eigenvalue weighted by atomic mass is 16.2. The maximum absolute atomic E-state index is 11.9. The lowest BCUT2D eigenvalue weighted by Gasteiger charge is -2.23. The Bertz CT molecular complexity index is 365. The average molecular weight is 220 g/mol. The molecule has 0 fully saturated rings. The van der Waals surface area contributed by atoms with Crippen LogP contribution in [0.5, 0.6) is 0 Å². The van der Waals surface area contributed by atoms with Gasteiger partial charge in [-0.1, -0.05) is 18.2 Å². The second-order valence-corrected chi connectivity index (χ2v) is 4.40. The maximum Gasteiger partial charge on any atom is 0.321 e. The van der Waals surface area contributed by atoms with E-state index in [1.165, 1.54) is 0 Å². The van der Waals surface area contributed by atoms with Crippen LogP contribution in [0.4, 0.5) is 10.5 Å². The molecule has 2 amide bonds. The van der Waals surface area contributed by atoms with Gasteiger partial charge in [0.2, 0.25) is 0 Å². The molecule has 0 unspecified atom stereocenters. The highest BCUT2D eigenvalue weighted by molar-refractivity contribution is 5.91. The number of aryl methyl sites for hydroxylation is 2. The van der Waals surface area contributed by atoms with Crippen molar-refractivity contribution in [3.63, 3.8) is 0 Å². The Balaban J connectivity index is 2.85. The van der Waals surface area contributed by atoms with Gasteiger partial charge in [0.15, 0.2) is 0 Å². The van der Waals surface area contributed by atoms with Crippen LogP contribution >= 0.6 is 0 Å². The third-order valence-corrected chi connectivity index (χ3v) is 2.81. The summed E-state index contributed by atoms with van der Waals surface area (Å²) in [6.45, 7) is 7.98. The van der Waals surface area contributed by atoms with Crippen LogP contribution in [0.3, 0.4) is 0 Å². The van der Waals surface area contributed by atoms with Gasteiger partial charge in [0.1, 0.15) is 0 Å². The van der Waals surface area contributed by atoms with Crippen molar-refractivity contribution in [2.24, 2.45) is 0 Å². The Morgan fingerprint density at radius 1 is 1.25 bits per heavy atom. The van der Waals surface area contributed by atoms with E-state index < -0.39 is 0 Å². The van der Waals surface area contributed by atoms with Gasteiger partial charge in [0.25, 0.3) is 0 Å². The quantitative estimate of drug-likeness (QED) is 0.815. The van der Waals surface area contributed by atoms with E-state index in [1.54, 1.807) is 11.9 Å². The zero-order valence-corrected chi connectivity index (χ0v) is 10.7. The van der Waals surface area contributed by atoms with Crippen LogP contribution in [0.1, 0.15) is 25.0 Å². The number of nitrogens with one attached hydrogen (secondary N) is 1. The molecule has 0 aliphatic carbocycles. The van der Waals surface area contributed by atoms with Gasteiger partial charge in [0.05, 0.1) is 0 Å². The van der Waals surface area contributed by atoms with Crippen molar-refractivity contribution in [3.8, 4) is 0 Å². The minimum atomic E-state index is -0.0626. The first-order valence-electron chi connectivity index (χ1n) is 5.53. The summed E-state index contributed by atoms with van der Waals surface area (Å²) in [7, 11) is 1.80. The molecule has 16 heavy (non-hydrogen) atoms. The van der Waals surface area contributed by atoms with E-state index in [4.69, 9.17) is 0 Å². The summed E-state index contributed by atoms with van der Waals surface area (Å²) in [5.41, 5.74) is 3.09. The molecule has 0 aromatic heterocycles. The molecule has 3 heteroatoms. The number of carbonyl (C=O) groups is 1. The van der Waals surface area contributed by atoms with Crippen LogP contribution in [0.2, 0.25) is 0 Å². The molecular weight excluding hydrogens is 200 g/mol. The lowest BCUT2D eigenvalue weighted by Crippen LogP contribution is -2.36. The van der Waals surface area contributed by atoms with E-state index >= 15 is 0 Å². The fourth-order valence-electron chi connectivity index (χ4n) is 1.44. The number of benzene rings is 1. The van der Waals surface area contributed by atoms with E-state index in [9.17, 15) is 4.79 Å². The number of nitrogens with zero attached hydrogens (tertiary/aromatic N) is 1. The van der Waals surface area contributed by atoms with Crippen molar-refractivity contribution in [2.45, 2.75) is 33.7 Å². The fourth-order valence-corrected chi connectivity index (χ4v) is 1.44. The number of amides is 2. The van der Waals surface area contributed by atoms with Crippen molar-refractivity contribution in [3.05, 3.63) is 29.3 Å². The minimum absolute atomic E-state index is 0.0626. The van der Waals surface area contributed by atoms with Crippen molar-refractivity contribution >= 4 is 11.7 Å². The van der Waals surface area contributed by atoms with Gasteiger partial charge in [-0.15, -0.1) is 0 Å².